The molecule has 0 aliphatic carbocycles. The van der Waals surface area contributed by atoms with Crippen molar-refractivity contribution in [2.24, 2.45) is 17.8 Å². The normalized spacial score (nSPS) is 32.5. The van der Waals surface area contributed by atoms with Crippen molar-refractivity contribution in [1.29, 1.82) is 0 Å². The maximum absolute atomic E-state index is 12.4. The van der Waals surface area contributed by atoms with E-state index in [-0.39, 0.29) is 35.4 Å². The summed E-state index contributed by atoms with van der Waals surface area (Å²) in [4.78, 5) is 26.6. The molecule has 5 nitrogen and oxygen atoms in total. The van der Waals surface area contributed by atoms with Gasteiger partial charge in [0.05, 0.1) is 12.0 Å². The first-order chi connectivity index (χ1) is 10.4. The number of aliphatic carboxylic acids is 1. The molecule has 3 atom stereocenters. The van der Waals surface area contributed by atoms with E-state index in [0.29, 0.717) is 5.25 Å². The van der Waals surface area contributed by atoms with E-state index in [1.54, 1.807) is 16.7 Å². The number of thioether (sulfide) groups is 1. The molecule has 22 heavy (non-hydrogen) atoms. The number of rotatable bonds is 4. The Kier molecular flexibility index (Phi) is 4.25. The molecule has 3 aliphatic heterocycles. The second kappa shape index (κ2) is 5.89. The highest BCUT2D eigenvalue weighted by Crippen LogP contribution is 2.52. The van der Waals surface area contributed by atoms with E-state index in [9.17, 15) is 14.7 Å². The Morgan fingerprint density at radius 2 is 2.00 bits per heavy atom. The van der Waals surface area contributed by atoms with Crippen LogP contribution in [0, 0.1) is 17.8 Å². The summed E-state index contributed by atoms with van der Waals surface area (Å²) >= 11 is 1.70. The van der Waals surface area contributed by atoms with Crippen LogP contribution in [0.4, 0.5) is 0 Å². The molecule has 2 fully saturated rings. The molecule has 2 saturated heterocycles. The lowest BCUT2D eigenvalue weighted by Crippen LogP contribution is -2.62. The number of nitrogens with zero attached hydrogens (tertiary/aromatic N) is 1. The van der Waals surface area contributed by atoms with Gasteiger partial charge in [0.15, 0.2) is 0 Å². The molecule has 1 amide bonds. The largest absolute Gasteiger partial charge is 0.477 e. The summed E-state index contributed by atoms with van der Waals surface area (Å²) in [5, 5.41) is 13.4. The topological polar surface area (TPSA) is 69.6 Å². The van der Waals surface area contributed by atoms with Crippen LogP contribution in [0.25, 0.3) is 0 Å². The van der Waals surface area contributed by atoms with Crippen molar-refractivity contribution in [2.45, 2.75) is 44.9 Å². The second-order valence-electron chi connectivity index (χ2n) is 6.84. The molecule has 0 unspecified atom stereocenters. The van der Waals surface area contributed by atoms with Crippen LogP contribution in [0.2, 0.25) is 0 Å². The smallest absolute Gasteiger partial charge is 0.353 e. The van der Waals surface area contributed by atoms with Gasteiger partial charge in [0, 0.05) is 16.1 Å². The summed E-state index contributed by atoms with van der Waals surface area (Å²) in [6.07, 6.45) is 2.11. The van der Waals surface area contributed by atoms with Gasteiger partial charge in [-0.2, -0.15) is 0 Å². The Morgan fingerprint density at radius 1 is 1.36 bits per heavy atom. The van der Waals surface area contributed by atoms with Crippen LogP contribution in [0.3, 0.4) is 0 Å². The van der Waals surface area contributed by atoms with Gasteiger partial charge in [-0.05, 0) is 31.8 Å². The number of nitrogens with one attached hydrogen (secondary N) is 1. The number of hydrogen-bond acceptors (Lipinski definition) is 4. The van der Waals surface area contributed by atoms with E-state index < -0.39 is 5.97 Å². The zero-order valence-corrected chi connectivity index (χ0v) is 14.2. The Bertz CT molecular complexity index is 525. The quantitative estimate of drug-likeness (QED) is 0.773. The van der Waals surface area contributed by atoms with E-state index in [1.807, 2.05) is 13.8 Å². The van der Waals surface area contributed by atoms with Gasteiger partial charge >= 0.3 is 5.97 Å². The highest BCUT2D eigenvalue weighted by atomic mass is 32.2. The molecular weight excluding hydrogens is 300 g/mol. The molecule has 122 valence electrons. The predicted molar refractivity (Wildman–Crippen MR) is 86.3 cm³/mol. The first kappa shape index (κ1) is 15.9. The standard InChI is InChI=1S/C16H24N2O3S/c1-8(2)11-12-9(3)14(22-10-4-6-17-7-5-10)13(16(20)21)18(12)15(11)19/h8-12,17H,4-7H2,1-3H3,(H,20,21)/t9-,11-,12-/m1/s1. The minimum Gasteiger partial charge on any atom is -0.477 e. The van der Waals surface area contributed by atoms with Crippen molar-refractivity contribution in [3.63, 3.8) is 0 Å². The van der Waals surface area contributed by atoms with Gasteiger partial charge in [-0.15, -0.1) is 11.8 Å². The third kappa shape index (κ3) is 2.36. The minimum absolute atomic E-state index is 0.00911. The van der Waals surface area contributed by atoms with Crippen molar-refractivity contribution in [3.8, 4) is 0 Å². The molecule has 0 aromatic carbocycles. The van der Waals surface area contributed by atoms with Gasteiger partial charge in [0.2, 0.25) is 5.91 Å². The van der Waals surface area contributed by atoms with Gasteiger partial charge in [-0.3, -0.25) is 4.79 Å². The molecule has 0 aromatic heterocycles. The number of piperidine rings is 1. The lowest BCUT2D eigenvalue weighted by Gasteiger charge is -2.47. The van der Waals surface area contributed by atoms with Crippen LogP contribution in [0.15, 0.2) is 10.6 Å². The van der Waals surface area contributed by atoms with Gasteiger partial charge in [0.25, 0.3) is 0 Å². The van der Waals surface area contributed by atoms with Crippen molar-refractivity contribution in [3.05, 3.63) is 10.6 Å². The van der Waals surface area contributed by atoms with Crippen LogP contribution >= 0.6 is 11.8 Å². The zero-order chi connectivity index (χ0) is 16.0. The van der Waals surface area contributed by atoms with Crippen molar-refractivity contribution in [1.82, 2.24) is 10.2 Å². The number of carbonyl (C=O) groups excluding carboxylic acids is 1. The van der Waals surface area contributed by atoms with Crippen molar-refractivity contribution >= 4 is 23.6 Å². The average Bonchev–Trinajstić information content (AvgIpc) is 2.70. The number of carboxylic acid groups (broad SMARTS) is 1. The fraction of sp³-hybridized carbons (Fsp3) is 0.750. The predicted octanol–water partition coefficient (Wildman–Crippen LogP) is 1.90. The summed E-state index contributed by atoms with van der Waals surface area (Å²) < 4.78 is 0. The Labute approximate surface area is 135 Å². The molecule has 0 aromatic rings. The number of β-lactam (4-membered cyclic amide) rings is 1. The zero-order valence-electron chi connectivity index (χ0n) is 13.3. The molecule has 3 heterocycles. The van der Waals surface area contributed by atoms with Crippen LogP contribution in [-0.2, 0) is 9.59 Å². The molecule has 0 saturated carbocycles. The van der Waals surface area contributed by atoms with Gasteiger partial charge in [-0.1, -0.05) is 20.8 Å². The maximum atomic E-state index is 12.4. The van der Waals surface area contributed by atoms with Gasteiger partial charge in [-0.25, -0.2) is 4.79 Å². The fourth-order valence-electron chi connectivity index (χ4n) is 3.96. The van der Waals surface area contributed by atoms with E-state index in [4.69, 9.17) is 0 Å². The third-order valence-corrected chi connectivity index (χ3v) is 6.71. The van der Waals surface area contributed by atoms with Crippen LogP contribution < -0.4 is 5.32 Å². The molecule has 3 rings (SSSR count). The maximum Gasteiger partial charge on any atom is 0.353 e. The molecule has 3 aliphatic rings. The fourth-order valence-corrected chi connectivity index (χ4v) is 5.44. The van der Waals surface area contributed by atoms with Crippen molar-refractivity contribution < 1.29 is 14.7 Å². The van der Waals surface area contributed by atoms with Gasteiger partial charge < -0.3 is 15.3 Å². The summed E-state index contributed by atoms with van der Waals surface area (Å²) in [6.45, 7) is 8.15. The molecule has 6 heteroatoms. The molecular formula is C16H24N2O3S. The van der Waals surface area contributed by atoms with Crippen LogP contribution in [0.1, 0.15) is 33.6 Å². The summed E-state index contributed by atoms with van der Waals surface area (Å²) in [6, 6.07) is 0.0443. The molecule has 0 bridgehead atoms. The summed E-state index contributed by atoms with van der Waals surface area (Å²) in [5.41, 5.74) is 0.253. The summed E-state index contributed by atoms with van der Waals surface area (Å²) in [7, 11) is 0. The second-order valence-corrected chi connectivity index (χ2v) is 8.18. The highest BCUT2D eigenvalue weighted by Gasteiger charge is 2.59. The SMILES string of the molecule is CC(C)[C@H]1C(=O)N2C(C(=O)O)=C(SC3CCNCC3)[C@H](C)[C@H]12. The van der Waals surface area contributed by atoms with Gasteiger partial charge in [0.1, 0.15) is 5.70 Å². The molecule has 0 radical (unpaired) electrons. The highest BCUT2D eigenvalue weighted by molar-refractivity contribution is 8.03. The van der Waals surface area contributed by atoms with E-state index in [0.717, 1.165) is 30.8 Å². The van der Waals surface area contributed by atoms with Crippen LogP contribution in [-0.4, -0.2) is 46.3 Å². The number of fused-ring (bicyclic) bond motifs is 1. The number of amides is 1. The number of carboxylic acids is 1. The van der Waals surface area contributed by atoms with E-state index >= 15 is 0 Å². The first-order valence-electron chi connectivity index (χ1n) is 8.11. The summed E-state index contributed by atoms with van der Waals surface area (Å²) in [5.74, 6) is -0.604. The Morgan fingerprint density at radius 3 is 2.55 bits per heavy atom. The lowest BCUT2D eigenvalue weighted by atomic mass is 9.75. The first-order valence-corrected chi connectivity index (χ1v) is 8.99. The van der Waals surface area contributed by atoms with E-state index in [2.05, 4.69) is 12.2 Å². The number of hydrogen-bond donors (Lipinski definition) is 2. The number of carbonyl (C=O) groups is 2. The third-order valence-electron chi connectivity index (χ3n) is 5.09. The van der Waals surface area contributed by atoms with Crippen molar-refractivity contribution in [2.75, 3.05) is 13.1 Å². The lowest BCUT2D eigenvalue weighted by molar-refractivity contribution is -0.159. The Hall–Kier alpha value is -1.01. The Balaban J connectivity index is 1.86. The average molecular weight is 324 g/mol. The van der Waals surface area contributed by atoms with E-state index in [1.165, 1.54) is 0 Å². The minimum atomic E-state index is -0.957. The van der Waals surface area contributed by atoms with Crippen LogP contribution in [0.5, 0.6) is 0 Å². The molecule has 2 N–H and O–H groups in total. The monoisotopic (exact) mass is 324 g/mol. The molecule has 0 spiro atoms.